The fraction of sp³-hybridized carbons (Fsp3) is 0.526. The van der Waals surface area contributed by atoms with Crippen LogP contribution < -0.4 is 4.74 Å². The number of carbonyl (C=O) groups is 1. The summed E-state index contributed by atoms with van der Waals surface area (Å²) in [5.41, 5.74) is 0.0926. The largest absolute Gasteiger partial charge is 0.474 e. The Morgan fingerprint density at radius 3 is 2.92 bits per heavy atom. The van der Waals surface area contributed by atoms with Gasteiger partial charge in [0, 0.05) is 37.1 Å². The Kier molecular flexibility index (Phi) is 3.70. The third-order valence-corrected chi connectivity index (χ3v) is 5.35. The number of rotatable bonds is 4. The van der Waals surface area contributed by atoms with Crippen LogP contribution in [0.15, 0.2) is 35.0 Å². The van der Waals surface area contributed by atoms with E-state index in [2.05, 4.69) is 10.1 Å². The first-order chi connectivity index (χ1) is 12.7. The summed E-state index contributed by atoms with van der Waals surface area (Å²) in [5.74, 6) is 1.85. The van der Waals surface area contributed by atoms with E-state index in [1.807, 2.05) is 18.2 Å². The van der Waals surface area contributed by atoms with Crippen molar-refractivity contribution in [2.75, 3.05) is 19.7 Å². The van der Waals surface area contributed by atoms with Crippen LogP contribution in [0.3, 0.4) is 0 Å². The molecule has 0 unspecified atom stereocenters. The van der Waals surface area contributed by atoms with Crippen LogP contribution in [0.4, 0.5) is 0 Å². The molecule has 136 valence electrons. The summed E-state index contributed by atoms with van der Waals surface area (Å²) in [6.45, 7) is 1.77. The average molecular weight is 355 g/mol. The number of carbonyl (C=O) groups excluding carboxylic acids is 1. The van der Waals surface area contributed by atoms with Gasteiger partial charge in [0.1, 0.15) is 17.5 Å². The molecular weight excluding hydrogens is 334 g/mol. The molecule has 1 spiro atoms. The van der Waals surface area contributed by atoms with Gasteiger partial charge in [-0.3, -0.25) is 4.79 Å². The third-order valence-electron chi connectivity index (χ3n) is 5.35. The first-order valence-corrected chi connectivity index (χ1v) is 9.18. The van der Waals surface area contributed by atoms with Crippen LogP contribution in [-0.2, 0) is 4.74 Å². The topological polar surface area (TPSA) is 77.7 Å². The number of amides is 1. The summed E-state index contributed by atoms with van der Waals surface area (Å²) in [7, 11) is 0. The zero-order valence-electron chi connectivity index (χ0n) is 14.5. The van der Waals surface area contributed by atoms with Crippen molar-refractivity contribution in [1.29, 1.82) is 0 Å². The Balaban J connectivity index is 1.19. The molecule has 0 N–H and O–H groups in total. The lowest BCUT2D eigenvalue weighted by Gasteiger charge is -2.52. The van der Waals surface area contributed by atoms with Gasteiger partial charge in [0.2, 0.25) is 5.88 Å². The predicted octanol–water partition coefficient (Wildman–Crippen LogP) is 2.40. The molecule has 2 aromatic heterocycles. The van der Waals surface area contributed by atoms with E-state index < -0.39 is 0 Å². The molecule has 7 nitrogen and oxygen atoms in total. The Morgan fingerprint density at radius 1 is 1.27 bits per heavy atom. The van der Waals surface area contributed by atoms with Crippen molar-refractivity contribution in [3.05, 3.63) is 41.9 Å². The Hall–Kier alpha value is -2.41. The lowest BCUT2D eigenvalue weighted by molar-refractivity contribution is -0.174. The second-order valence-electron chi connectivity index (χ2n) is 7.48. The molecule has 1 amide bonds. The zero-order valence-corrected chi connectivity index (χ0v) is 14.5. The number of aromatic nitrogens is 2. The average Bonchev–Trinajstić information content (AvgIpc) is 3.37. The molecule has 3 aliphatic rings. The van der Waals surface area contributed by atoms with Crippen molar-refractivity contribution in [3.8, 4) is 5.88 Å². The highest BCUT2D eigenvalue weighted by molar-refractivity contribution is 5.93. The van der Waals surface area contributed by atoms with Gasteiger partial charge in [-0.15, -0.1) is 0 Å². The molecule has 0 radical (unpaired) electrons. The maximum absolute atomic E-state index is 12.6. The summed E-state index contributed by atoms with van der Waals surface area (Å²) < 4.78 is 17.3. The quantitative estimate of drug-likeness (QED) is 0.838. The maximum atomic E-state index is 12.6. The normalized spacial score (nSPS) is 24.3. The van der Waals surface area contributed by atoms with Crippen molar-refractivity contribution in [3.63, 3.8) is 0 Å². The Bertz CT molecular complexity index is 796. The minimum absolute atomic E-state index is 0.0596. The van der Waals surface area contributed by atoms with E-state index >= 15 is 0 Å². The van der Waals surface area contributed by atoms with Gasteiger partial charge in [-0.1, -0.05) is 11.2 Å². The van der Waals surface area contributed by atoms with Gasteiger partial charge in [-0.2, -0.15) is 0 Å². The van der Waals surface area contributed by atoms with Gasteiger partial charge in [-0.05, 0) is 18.9 Å². The molecule has 1 saturated carbocycles. The summed E-state index contributed by atoms with van der Waals surface area (Å²) >= 11 is 0. The monoisotopic (exact) mass is 355 g/mol. The molecule has 2 aromatic rings. The van der Waals surface area contributed by atoms with Gasteiger partial charge in [-0.25, -0.2) is 4.98 Å². The summed E-state index contributed by atoms with van der Waals surface area (Å²) in [4.78, 5) is 18.6. The molecule has 3 fully saturated rings. The van der Waals surface area contributed by atoms with E-state index in [0.29, 0.717) is 37.2 Å². The van der Waals surface area contributed by atoms with Crippen LogP contribution in [0.2, 0.25) is 0 Å². The van der Waals surface area contributed by atoms with Crippen LogP contribution in [0.1, 0.15) is 47.8 Å². The predicted molar refractivity (Wildman–Crippen MR) is 91.0 cm³/mol. The molecule has 1 aliphatic carbocycles. The van der Waals surface area contributed by atoms with E-state index in [0.717, 1.165) is 31.4 Å². The number of hydrogen-bond acceptors (Lipinski definition) is 6. The van der Waals surface area contributed by atoms with Crippen molar-refractivity contribution < 1.29 is 18.8 Å². The standard InChI is InChI=1S/C19H21N3O4/c23-18(15-9-16(26-21-15)13-4-5-13)22-11-19(12-22)10-14(6-8-24-19)25-17-3-1-2-7-20-17/h1-3,7,9,13-14H,4-6,8,10-12H2/t14-/m0/s1. The molecule has 2 aliphatic heterocycles. The van der Waals surface area contributed by atoms with Crippen LogP contribution in [0.25, 0.3) is 0 Å². The Labute approximate surface area is 151 Å². The second kappa shape index (κ2) is 6.09. The van der Waals surface area contributed by atoms with Crippen molar-refractivity contribution in [2.24, 2.45) is 0 Å². The zero-order chi connectivity index (χ0) is 17.6. The molecule has 5 rings (SSSR count). The Morgan fingerprint density at radius 2 is 2.15 bits per heavy atom. The highest BCUT2D eigenvalue weighted by Gasteiger charge is 2.50. The molecule has 0 bridgehead atoms. The first-order valence-electron chi connectivity index (χ1n) is 9.18. The number of likely N-dealkylation sites (tertiary alicyclic amines) is 1. The molecule has 26 heavy (non-hydrogen) atoms. The van der Waals surface area contributed by atoms with Gasteiger partial charge < -0.3 is 18.9 Å². The van der Waals surface area contributed by atoms with Crippen LogP contribution in [0, 0.1) is 0 Å². The van der Waals surface area contributed by atoms with Crippen molar-refractivity contribution in [2.45, 2.75) is 43.3 Å². The molecule has 4 heterocycles. The number of ether oxygens (including phenoxy) is 2. The summed E-state index contributed by atoms with van der Waals surface area (Å²) in [6.07, 6.45) is 5.63. The molecule has 1 atom stereocenters. The lowest BCUT2D eigenvalue weighted by atomic mass is 9.84. The van der Waals surface area contributed by atoms with E-state index in [-0.39, 0.29) is 17.6 Å². The molecule has 2 saturated heterocycles. The first kappa shape index (κ1) is 15.8. The fourth-order valence-electron chi connectivity index (χ4n) is 3.80. The van der Waals surface area contributed by atoms with E-state index in [4.69, 9.17) is 14.0 Å². The third kappa shape index (κ3) is 2.96. The number of hydrogen-bond donors (Lipinski definition) is 0. The van der Waals surface area contributed by atoms with E-state index in [1.165, 1.54) is 0 Å². The van der Waals surface area contributed by atoms with E-state index in [1.54, 1.807) is 17.2 Å². The highest BCUT2D eigenvalue weighted by atomic mass is 16.5. The van der Waals surface area contributed by atoms with Gasteiger partial charge in [0.25, 0.3) is 5.91 Å². The van der Waals surface area contributed by atoms with Crippen LogP contribution in [-0.4, -0.2) is 52.3 Å². The molecule has 0 aromatic carbocycles. The lowest BCUT2D eigenvalue weighted by Crippen LogP contribution is -2.67. The minimum atomic E-state index is -0.309. The molecular formula is C19H21N3O4. The van der Waals surface area contributed by atoms with E-state index in [9.17, 15) is 4.79 Å². The van der Waals surface area contributed by atoms with Crippen molar-refractivity contribution in [1.82, 2.24) is 15.0 Å². The van der Waals surface area contributed by atoms with Gasteiger partial charge >= 0.3 is 0 Å². The number of pyridine rings is 1. The maximum Gasteiger partial charge on any atom is 0.276 e. The minimum Gasteiger partial charge on any atom is -0.474 e. The van der Waals surface area contributed by atoms with Gasteiger partial charge in [0.15, 0.2) is 5.69 Å². The fourth-order valence-corrected chi connectivity index (χ4v) is 3.80. The SMILES string of the molecule is O=C(c1cc(C2CC2)on1)N1CC2(C[C@@H](Oc3ccccn3)CCO2)C1. The summed E-state index contributed by atoms with van der Waals surface area (Å²) in [6, 6.07) is 7.43. The van der Waals surface area contributed by atoms with Crippen molar-refractivity contribution >= 4 is 5.91 Å². The highest BCUT2D eigenvalue weighted by Crippen LogP contribution is 2.41. The second-order valence-corrected chi connectivity index (χ2v) is 7.48. The smallest absolute Gasteiger partial charge is 0.276 e. The summed E-state index contributed by atoms with van der Waals surface area (Å²) in [5, 5.41) is 3.94. The van der Waals surface area contributed by atoms with Crippen LogP contribution in [0.5, 0.6) is 5.88 Å². The van der Waals surface area contributed by atoms with Crippen LogP contribution >= 0.6 is 0 Å². The molecule has 7 heteroatoms. The van der Waals surface area contributed by atoms with Gasteiger partial charge in [0.05, 0.1) is 19.7 Å². The number of nitrogens with zero attached hydrogens (tertiary/aromatic N) is 3.